The number of hydrogen-bond donors (Lipinski definition) is 1. The molecule has 0 aliphatic heterocycles. The summed E-state index contributed by atoms with van der Waals surface area (Å²) in [5.74, 6) is 0. The van der Waals surface area contributed by atoms with Crippen LogP contribution in [0.25, 0.3) is 0 Å². The summed E-state index contributed by atoms with van der Waals surface area (Å²) in [5, 5.41) is 3.43. The minimum absolute atomic E-state index is 0.366. The van der Waals surface area contributed by atoms with Gasteiger partial charge in [-0.3, -0.25) is 0 Å². The van der Waals surface area contributed by atoms with Crippen LogP contribution in [0.5, 0.6) is 0 Å². The molecule has 0 aliphatic rings. The Morgan fingerprint density at radius 2 is 1.80 bits per heavy atom. The third kappa shape index (κ3) is 3.21. The molecule has 1 N–H and O–H groups in total. The van der Waals surface area contributed by atoms with Crippen LogP contribution in [0.2, 0.25) is 0 Å². The molecule has 1 aromatic carbocycles. The maximum atomic E-state index is 3.77. The van der Waals surface area contributed by atoms with Gasteiger partial charge in [-0.2, -0.15) is 0 Å². The van der Waals surface area contributed by atoms with Crippen LogP contribution in [0, 0.1) is 20.8 Å². The highest BCUT2D eigenvalue weighted by atomic mass is 14.9. The fourth-order valence-corrected chi connectivity index (χ4v) is 1.84. The van der Waals surface area contributed by atoms with Crippen LogP contribution >= 0.6 is 0 Å². The number of benzene rings is 1. The summed E-state index contributed by atoms with van der Waals surface area (Å²) in [6, 6.07) is 4.84. The quantitative estimate of drug-likeness (QED) is 0.741. The van der Waals surface area contributed by atoms with E-state index in [4.69, 9.17) is 0 Å². The zero-order valence-corrected chi connectivity index (χ0v) is 10.2. The monoisotopic (exact) mass is 203 g/mol. The first kappa shape index (κ1) is 12.0. The average Bonchev–Trinajstić information content (AvgIpc) is 2.15. The molecular weight excluding hydrogens is 182 g/mol. The Balaban J connectivity index is 2.81. The highest BCUT2D eigenvalue weighted by Crippen LogP contribution is 2.16. The van der Waals surface area contributed by atoms with E-state index in [1.165, 1.54) is 22.3 Å². The molecule has 1 rings (SSSR count). The smallest absolute Gasteiger partial charge is 0.0222 e. The lowest BCUT2D eigenvalue weighted by Gasteiger charge is -2.14. The van der Waals surface area contributed by atoms with Gasteiger partial charge in [-0.15, -0.1) is 6.58 Å². The van der Waals surface area contributed by atoms with Crippen LogP contribution in [-0.4, -0.2) is 6.04 Å². The molecular formula is C14H21N. The van der Waals surface area contributed by atoms with E-state index in [1.807, 2.05) is 6.08 Å². The summed E-state index contributed by atoms with van der Waals surface area (Å²) in [6.45, 7) is 13.3. The summed E-state index contributed by atoms with van der Waals surface area (Å²) in [6.07, 6.45) is 1.93. The molecule has 1 unspecified atom stereocenters. The third-order valence-electron chi connectivity index (χ3n) is 2.79. The standard InChI is InChI=1S/C14H21N/c1-6-13(5)15-9-14-11(3)7-10(2)8-12(14)4/h6-8,13,15H,1,9H2,2-5H3. The van der Waals surface area contributed by atoms with Crippen molar-refractivity contribution in [3.63, 3.8) is 0 Å². The van der Waals surface area contributed by atoms with Gasteiger partial charge in [-0.1, -0.05) is 23.8 Å². The second kappa shape index (κ2) is 5.13. The normalized spacial score (nSPS) is 12.5. The van der Waals surface area contributed by atoms with Crippen molar-refractivity contribution in [2.75, 3.05) is 0 Å². The Bertz CT molecular complexity index is 329. The van der Waals surface area contributed by atoms with Crippen molar-refractivity contribution >= 4 is 0 Å². The highest BCUT2D eigenvalue weighted by molar-refractivity contribution is 5.37. The van der Waals surface area contributed by atoms with Crippen LogP contribution < -0.4 is 5.32 Å². The van der Waals surface area contributed by atoms with Gasteiger partial charge in [0.2, 0.25) is 0 Å². The molecule has 1 heteroatoms. The van der Waals surface area contributed by atoms with E-state index in [0.29, 0.717) is 6.04 Å². The topological polar surface area (TPSA) is 12.0 Å². The molecule has 0 aromatic heterocycles. The van der Waals surface area contributed by atoms with Crippen molar-refractivity contribution in [1.82, 2.24) is 5.32 Å². The Hall–Kier alpha value is -1.08. The van der Waals surface area contributed by atoms with Gasteiger partial charge in [0.15, 0.2) is 0 Å². The summed E-state index contributed by atoms with van der Waals surface area (Å²) in [5.41, 5.74) is 5.49. The van der Waals surface area contributed by atoms with E-state index in [-0.39, 0.29) is 0 Å². The first-order chi connectivity index (χ1) is 7.04. The maximum absolute atomic E-state index is 3.77. The van der Waals surface area contributed by atoms with Gasteiger partial charge in [-0.05, 0) is 44.4 Å². The molecule has 82 valence electrons. The average molecular weight is 203 g/mol. The van der Waals surface area contributed by atoms with Gasteiger partial charge in [-0.25, -0.2) is 0 Å². The zero-order valence-electron chi connectivity index (χ0n) is 10.2. The first-order valence-corrected chi connectivity index (χ1v) is 5.47. The molecule has 0 saturated carbocycles. The van der Waals surface area contributed by atoms with Crippen LogP contribution in [0.4, 0.5) is 0 Å². The highest BCUT2D eigenvalue weighted by Gasteiger charge is 2.04. The first-order valence-electron chi connectivity index (χ1n) is 5.47. The van der Waals surface area contributed by atoms with E-state index < -0.39 is 0 Å². The van der Waals surface area contributed by atoms with Gasteiger partial charge in [0.05, 0.1) is 0 Å². The molecule has 0 saturated heterocycles. The van der Waals surface area contributed by atoms with Gasteiger partial charge in [0.25, 0.3) is 0 Å². The molecule has 15 heavy (non-hydrogen) atoms. The van der Waals surface area contributed by atoms with Crippen LogP contribution in [0.1, 0.15) is 29.2 Å². The summed E-state index contributed by atoms with van der Waals surface area (Å²) in [7, 11) is 0. The lowest BCUT2D eigenvalue weighted by atomic mass is 10.00. The lowest BCUT2D eigenvalue weighted by Crippen LogP contribution is -2.23. The Kier molecular flexibility index (Phi) is 4.10. The maximum Gasteiger partial charge on any atom is 0.0222 e. The number of rotatable bonds is 4. The molecule has 0 spiro atoms. The van der Waals surface area contributed by atoms with E-state index in [2.05, 4.69) is 51.7 Å². The second-order valence-electron chi connectivity index (χ2n) is 4.28. The molecule has 0 fully saturated rings. The van der Waals surface area contributed by atoms with Gasteiger partial charge in [0.1, 0.15) is 0 Å². The van der Waals surface area contributed by atoms with E-state index in [1.54, 1.807) is 0 Å². The summed E-state index contributed by atoms with van der Waals surface area (Å²) >= 11 is 0. The summed E-state index contributed by atoms with van der Waals surface area (Å²) < 4.78 is 0. The van der Waals surface area contributed by atoms with Crippen molar-refractivity contribution in [3.8, 4) is 0 Å². The van der Waals surface area contributed by atoms with Crippen LogP contribution in [0.3, 0.4) is 0 Å². The molecule has 0 radical (unpaired) electrons. The Morgan fingerprint density at radius 3 is 2.27 bits per heavy atom. The second-order valence-corrected chi connectivity index (χ2v) is 4.28. The number of nitrogens with one attached hydrogen (secondary N) is 1. The fourth-order valence-electron chi connectivity index (χ4n) is 1.84. The van der Waals surface area contributed by atoms with E-state index >= 15 is 0 Å². The predicted molar refractivity (Wildman–Crippen MR) is 67.2 cm³/mol. The van der Waals surface area contributed by atoms with Crippen LogP contribution in [-0.2, 0) is 6.54 Å². The molecule has 0 heterocycles. The third-order valence-corrected chi connectivity index (χ3v) is 2.79. The zero-order chi connectivity index (χ0) is 11.4. The molecule has 1 aromatic rings. The largest absolute Gasteiger partial charge is 0.307 e. The molecule has 0 bridgehead atoms. The van der Waals surface area contributed by atoms with Crippen molar-refractivity contribution in [1.29, 1.82) is 0 Å². The number of aryl methyl sites for hydroxylation is 3. The van der Waals surface area contributed by atoms with E-state index in [9.17, 15) is 0 Å². The predicted octanol–water partition coefficient (Wildman–Crippen LogP) is 3.28. The lowest BCUT2D eigenvalue weighted by molar-refractivity contribution is 0.630. The Morgan fingerprint density at radius 1 is 1.27 bits per heavy atom. The number of hydrogen-bond acceptors (Lipinski definition) is 1. The van der Waals surface area contributed by atoms with E-state index in [0.717, 1.165) is 6.54 Å². The molecule has 1 atom stereocenters. The van der Waals surface area contributed by atoms with Gasteiger partial charge in [0, 0.05) is 12.6 Å². The molecule has 0 amide bonds. The minimum Gasteiger partial charge on any atom is -0.307 e. The minimum atomic E-state index is 0.366. The van der Waals surface area contributed by atoms with Crippen molar-refractivity contribution in [2.24, 2.45) is 0 Å². The summed E-state index contributed by atoms with van der Waals surface area (Å²) in [4.78, 5) is 0. The fraction of sp³-hybridized carbons (Fsp3) is 0.429. The molecule has 1 nitrogen and oxygen atoms in total. The van der Waals surface area contributed by atoms with Crippen molar-refractivity contribution in [3.05, 3.63) is 47.0 Å². The van der Waals surface area contributed by atoms with Gasteiger partial charge < -0.3 is 5.32 Å². The van der Waals surface area contributed by atoms with Gasteiger partial charge >= 0.3 is 0 Å². The van der Waals surface area contributed by atoms with Crippen molar-refractivity contribution < 1.29 is 0 Å². The SMILES string of the molecule is C=CC(C)NCc1c(C)cc(C)cc1C. The van der Waals surface area contributed by atoms with Crippen LogP contribution in [0.15, 0.2) is 24.8 Å². The molecule has 0 aliphatic carbocycles. The van der Waals surface area contributed by atoms with Crippen molar-refractivity contribution in [2.45, 2.75) is 40.3 Å². The Labute approximate surface area is 93.2 Å².